The average Bonchev–Trinajstić information content (AvgIpc) is 3.04. The van der Waals surface area contributed by atoms with E-state index in [1.807, 2.05) is 42.6 Å². The van der Waals surface area contributed by atoms with Crippen LogP contribution < -0.4 is 0 Å². The summed E-state index contributed by atoms with van der Waals surface area (Å²) < 4.78 is 5.34. The molecule has 4 nitrogen and oxygen atoms in total. The first-order chi connectivity index (χ1) is 12.1. The minimum Gasteiger partial charge on any atom is -0.454 e. The van der Waals surface area contributed by atoms with Gasteiger partial charge in [0, 0.05) is 22.7 Å². The molecule has 0 spiro atoms. The summed E-state index contributed by atoms with van der Waals surface area (Å²) in [6.07, 6.45) is 2.06. The van der Waals surface area contributed by atoms with E-state index in [4.69, 9.17) is 4.74 Å². The number of H-pyrrole nitrogens is 1. The van der Waals surface area contributed by atoms with Crippen LogP contribution in [-0.2, 0) is 22.4 Å². The minimum absolute atomic E-state index is 0.135. The second kappa shape index (κ2) is 7.34. The normalized spacial score (nSPS) is 12.1. The second-order valence-corrected chi connectivity index (χ2v) is 6.08. The van der Waals surface area contributed by atoms with Crippen molar-refractivity contribution in [3.8, 4) is 0 Å². The first kappa shape index (κ1) is 17.0. The zero-order chi connectivity index (χ0) is 17.8. The molecule has 0 saturated heterocycles. The summed E-state index contributed by atoms with van der Waals surface area (Å²) in [6, 6.07) is 15.2. The first-order valence-electron chi connectivity index (χ1n) is 8.46. The average molecular weight is 335 g/mol. The summed E-state index contributed by atoms with van der Waals surface area (Å²) in [4.78, 5) is 27.8. The van der Waals surface area contributed by atoms with Crippen molar-refractivity contribution in [3.05, 3.63) is 71.4 Å². The lowest BCUT2D eigenvalue weighted by atomic mass is 10.0. The van der Waals surface area contributed by atoms with Crippen LogP contribution in [0.25, 0.3) is 10.9 Å². The van der Waals surface area contributed by atoms with Gasteiger partial charge in [-0.05, 0) is 30.5 Å². The standard InChI is InChI=1S/C21H21NO3/c1-3-15-8-10-16(11-9-15)21(24)14(2)25-20(23)12-17-13-22-19-7-5-4-6-18(17)19/h4-11,13-14,22H,3,12H2,1-2H3/t14-/m1/s1. The van der Waals surface area contributed by atoms with Crippen LogP contribution >= 0.6 is 0 Å². The van der Waals surface area contributed by atoms with Crippen molar-refractivity contribution in [2.24, 2.45) is 0 Å². The van der Waals surface area contributed by atoms with E-state index >= 15 is 0 Å². The molecule has 2 aromatic carbocycles. The van der Waals surface area contributed by atoms with Crippen molar-refractivity contribution in [1.82, 2.24) is 4.98 Å². The van der Waals surface area contributed by atoms with Gasteiger partial charge in [0.05, 0.1) is 6.42 Å². The number of rotatable bonds is 6. The Labute approximate surface area is 146 Å². The van der Waals surface area contributed by atoms with Crippen molar-refractivity contribution in [2.45, 2.75) is 32.8 Å². The first-order valence-corrected chi connectivity index (χ1v) is 8.46. The van der Waals surface area contributed by atoms with E-state index in [0.717, 1.165) is 22.9 Å². The summed E-state index contributed by atoms with van der Waals surface area (Å²) in [6.45, 7) is 3.68. The molecule has 0 fully saturated rings. The van der Waals surface area contributed by atoms with Gasteiger partial charge in [-0.25, -0.2) is 0 Å². The number of aryl methyl sites for hydroxylation is 1. The molecule has 25 heavy (non-hydrogen) atoms. The van der Waals surface area contributed by atoms with E-state index in [0.29, 0.717) is 5.56 Å². The maximum atomic E-state index is 12.4. The zero-order valence-electron chi connectivity index (χ0n) is 14.4. The van der Waals surface area contributed by atoms with Crippen LogP contribution in [0.2, 0.25) is 0 Å². The van der Waals surface area contributed by atoms with Gasteiger partial charge in [-0.2, -0.15) is 0 Å². The molecule has 3 aromatic rings. The number of fused-ring (bicyclic) bond motifs is 1. The predicted octanol–water partition coefficient (Wildman–Crippen LogP) is 4.09. The Balaban J connectivity index is 1.64. The molecule has 0 amide bonds. The van der Waals surface area contributed by atoms with Gasteiger partial charge in [0.2, 0.25) is 5.78 Å². The number of benzene rings is 2. The van der Waals surface area contributed by atoms with Crippen LogP contribution in [-0.4, -0.2) is 22.8 Å². The fourth-order valence-corrected chi connectivity index (χ4v) is 2.87. The van der Waals surface area contributed by atoms with E-state index in [2.05, 4.69) is 11.9 Å². The van der Waals surface area contributed by atoms with Crippen LogP contribution in [0.3, 0.4) is 0 Å². The Morgan fingerprint density at radius 1 is 1.08 bits per heavy atom. The fraction of sp³-hybridized carbons (Fsp3) is 0.238. The lowest BCUT2D eigenvalue weighted by Gasteiger charge is -2.12. The van der Waals surface area contributed by atoms with E-state index < -0.39 is 12.1 Å². The Morgan fingerprint density at radius 3 is 2.52 bits per heavy atom. The molecule has 1 aromatic heterocycles. The highest BCUT2D eigenvalue weighted by atomic mass is 16.5. The number of ketones is 1. The van der Waals surface area contributed by atoms with E-state index in [9.17, 15) is 9.59 Å². The molecule has 0 saturated carbocycles. The van der Waals surface area contributed by atoms with E-state index in [1.165, 1.54) is 5.56 Å². The Bertz CT molecular complexity index is 893. The summed E-state index contributed by atoms with van der Waals surface area (Å²) in [5, 5.41) is 0.994. The van der Waals surface area contributed by atoms with Gasteiger partial charge in [0.25, 0.3) is 0 Å². The number of hydrogen-bond donors (Lipinski definition) is 1. The predicted molar refractivity (Wildman–Crippen MR) is 97.7 cm³/mol. The lowest BCUT2D eigenvalue weighted by Crippen LogP contribution is -2.25. The van der Waals surface area contributed by atoms with Crippen molar-refractivity contribution in [2.75, 3.05) is 0 Å². The molecule has 3 rings (SSSR count). The van der Waals surface area contributed by atoms with Gasteiger partial charge in [-0.3, -0.25) is 9.59 Å². The molecule has 4 heteroatoms. The number of carbonyl (C=O) groups excluding carboxylic acids is 2. The molecule has 0 aliphatic heterocycles. The third-order valence-corrected chi connectivity index (χ3v) is 4.33. The van der Waals surface area contributed by atoms with Crippen molar-refractivity contribution < 1.29 is 14.3 Å². The molecule has 1 N–H and O–H groups in total. The Morgan fingerprint density at radius 2 is 1.80 bits per heavy atom. The number of nitrogens with one attached hydrogen (secondary N) is 1. The second-order valence-electron chi connectivity index (χ2n) is 6.08. The van der Waals surface area contributed by atoms with Crippen LogP contribution in [0.1, 0.15) is 35.3 Å². The molecule has 1 heterocycles. The highest BCUT2D eigenvalue weighted by molar-refractivity contribution is 6.00. The third-order valence-electron chi connectivity index (χ3n) is 4.33. The fourth-order valence-electron chi connectivity index (χ4n) is 2.87. The van der Waals surface area contributed by atoms with Crippen molar-refractivity contribution >= 4 is 22.7 Å². The molecule has 0 radical (unpaired) electrons. The third kappa shape index (κ3) is 3.79. The largest absolute Gasteiger partial charge is 0.454 e. The monoisotopic (exact) mass is 335 g/mol. The van der Waals surface area contributed by atoms with Crippen LogP contribution in [0, 0.1) is 0 Å². The number of esters is 1. The number of aromatic amines is 1. The van der Waals surface area contributed by atoms with E-state index in [1.54, 1.807) is 19.1 Å². The molecule has 1 atom stereocenters. The summed E-state index contributed by atoms with van der Waals surface area (Å²) in [5.74, 6) is -0.592. The highest BCUT2D eigenvalue weighted by Gasteiger charge is 2.20. The molecule has 128 valence electrons. The molecule has 0 aliphatic carbocycles. The van der Waals surface area contributed by atoms with Crippen molar-refractivity contribution in [1.29, 1.82) is 0 Å². The number of para-hydroxylation sites is 1. The van der Waals surface area contributed by atoms with Gasteiger partial charge in [-0.15, -0.1) is 0 Å². The zero-order valence-corrected chi connectivity index (χ0v) is 14.4. The van der Waals surface area contributed by atoms with Gasteiger partial charge in [0.1, 0.15) is 0 Å². The van der Waals surface area contributed by atoms with Crippen molar-refractivity contribution in [3.63, 3.8) is 0 Å². The van der Waals surface area contributed by atoms with Gasteiger partial charge in [-0.1, -0.05) is 49.4 Å². The maximum Gasteiger partial charge on any atom is 0.311 e. The molecule has 0 bridgehead atoms. The van der Waals surface area contributed by atoms with Crippen LogP contribution in [0.5, 0.6) is 0 Å². The minimum atomic E-state index is -0.801. The Kier molecular flexibility index (Phi) is 4.98. The number of ether oxygens (including phenoxy) is 1. The summed E-state index contributed by atoms with van der Waals surface area (Å²) in [7, 11) is 0. The lowest BCUT2D eigenvalue weighted by molar-refractivity contribution is -0.145. The summed E-state index contributed by atoms with van der Waals surface area (Å²) in [5.41, 5.74) is 3.57. The number of carbonyl (C=O) groups is 2. The quantitative estimate of drug-likeness (QED) is 0.545. The van der Waals surface area contributed by atoms with Gasteiger partial charge in [0.15, 0.2) is 6.10 Å². The number of hydrogen-bond acceptors (Lipinski definition) is 3. The topological polar surface area (TPSA) is 59.2 Å². The van der Waals surface area contributed by atoms with Gasteiger partial charge >= 0.3 is 5.97 Å². The van der Waals surface area contributed by atoms with Crippen LogP contribution in [0.4, 0.5) is 0 Å². The number of Topliss-reactive ketones (excluding diaryl/α,β-unsaturated/α-hetero) is 1. The molecular weight excluding hydrogens is 314 g/mol. The van der Waals surface area contributed by atoms with Gasteiger partial charge < -0.3 is 9.72 Å². The number of aromatic nitrogens is 1. The smallest absolute Gasteiger partial charge is 0.311 e. The SMILES string of the molecule is CCc1ccc(C(=O)[C@@H](C)OC(=O)Cc2c[nH]c3ccccc23)cc1. The molecular formula is C21H21NO3. The van der Waals surface area contributed by atoms with Crippen LogP contribution in [0.15, 0.2) is 54.7 Å². The Hall–Kier alpha value is -2.88. The highest BCUT2D eigenvalue weighted by Crippen LogP contribution is 2.19. The molecule has 0 unspecified atom stereocenters. The maximum absolute atomic E-state index is 12.4. The van der Waals surface area contributed by atoms with E-state index in [-0.39, 0.29) is 12.2 Å². The molecule has 0 aliphatic rings. The summed E-state index contributed by atoms with van der Waals surface area (Å²) >= 11 is 0.